The minimum absolute atomic E-state index is 0.129. The maximum absolute atomic E-state index is 14.8. The topological polar surface area (TPSA) is 114 Å². The summed E-state index contributed by atoms with van der Waals surface area (Å²) < 4.78 is 20.0. The number of piperazine rings is 1. The fraction of sp³-hybridized carbons (Fsp3) is 0.400. The molecule has 2 aliphatic heterocycles. The summed E-state index contributed by atoms with van der Waals surface area (Å²) in [6, 6.07) is 4.46. The number of aromatic nitrogens is 2. The highest BCUT2D eigenvalue weighted by Crippen LogP contribution is 2.30. The van der Waals surface area contributed by atoms with Crippen molar-refractivity contribution < 1.29 is 18.7 Å². The Morgan fingerprint density at radius 3 is 2.63 bits per heavy atom. The lowest BCUT2D eigenvalue weighted by Gasteiger charge is -2.27. The Bertz CT molecular complexity index is 948. The molecule has 2 aliphatic rings. The van der Waals surface area contributed by atoms with Crippen LogP contribution in [0.25, 0.3) is 11.1 Å². The van der Waals surface area contributed by atoms with Crippen molar-refractivity contribution >= 4 is 23.6 Å². The number of nitrogens with two attached hydrogens (primary N) is 1. The number of nitrogens with zero attached hydrogens (tertiary/aromatic N) is 4. The number of halogens is 1. The molecule has 0 radical (unpaired) electrons. The molecule has 2 amide bonds. The third kappa shape index (κ3) is 3.90. The molecule has 2 fully saturated rings. The quantitative estimate of drug-likeness (QED) is 0.754. The van der Waals surface area contributed by atoms with Crippen molar-refractivity contribution in [2.75, 3.05) is 42.5 Å². The van der Waals surface area contributed by atoms with E-state index in [1.807, 2.05) is 0 Å². The van der Waals surface area contributed by atoms with E-state index in [0.29, 0.717) is 22.8 Å². The number of ether oxygens (including phenoxy) is 1. The van der Waals surface area contributed by atoms with Crippen LogP contribution in [0.5, 0.6) is 0 Å². The van der Waals surface area contributed by atoms with Gasteiger partial charge in [0.15, 0.2) is 0 Å². The summed E-state index contributed by atoms with van der Waals surface area (Å²) in [6.07, 6.45) is 1.89. The number of nitrogens with one attached hydrogen (secondary N) is 1. The van der Waals surface area contributed by atoms with Crippen LogP contribution in [0.4, 0.5) is 20.8 Å². The number of carbonyl (C=O) groups is 2. The second-order valence-corrected chi connectivity index (χ2v) is 7.40. The number of hydrogen-bond acceptors (Lipinski definition) is 7. The summed E-state index contributed by atoms with van der Waals surface area (Å²) in [4.78, 5) is 35.6. The largest absolute Gasteiger partial charge is 0.443 e. The summed E-state index contributed by atoms with van der Waals surface area (Å²) in [6.45, 7) is 5.12. The number of primary amides is 1. The van der Waals surface area contributed by atoms with Crippen molar-refractivity contribution in [3.8, 4) is 11.1 Å². The van der Waals surface area contributed by atoms with E-state index < -0.39 is 29.8 Å². The molecule has 30 heavy (non-hydrogen) atoms. The van der Waals surface area contributed by atoms with Crippen LogP contribution in [0.3, 0.4) is 0 Å². The summed E-state index contributed by atoms with van der Waals surface area (Å²) in [5.41, 5.74) is 6.51. The fourth-order valence-electron chi connectivity index (χ4n) is 3.53. The van der Waals surface area contributed by atoms with Gasteiger partial charge in [0.05, 0.1) is 18.2 Å². The molecule has 0 bridgehead atoms. The van der Waals surface area contributed by atoms with Gasteiger partial charge in [-0.25, -0.2) is 19.2 Å². The van der Waals surface area contributed by atoms with Gasteiger partial charge in [0, 0.05) is 49.7 Å². The van der Waals surface area contributed by atoms with Gasteiger partial charge >= 0.3 is 6.09 Å². The molecule has 1 aromatic carbocycles. The van der Waals surface area contributed by atoms with E-state index in [9.17, 15) is 14.0 Å². The van der Waals surface area contributed by atoms with Crippen LogP contribution in [0.2, 0.25) is 0 Å². The third-order valence-electron chi connectivity index (χ3n) is 5.45. The predicted molar refractivity (Wildman–Crippen MR) is 108 cm³/mol. The summed E-state index contributed by atoms with van der Waals surface area (Å²) in [5.74, 6) is -1.08. The smallest absolute Gasteiger partial charge is 0.414 e. The third-order valence-corrected chi connectivity index (χ3v) is 5.45. The number of rotatable bonds is 5. The number of amides is 2. The van der Waals surface area contributed by atoms with E-state index in [1.165, 1.54) is 11.0 Å². The summed E-state index contributed by atoms with van der Waals surface area (Å²) >= 11 is 0. The molecule has 3 N–H and O–H groups in total. The van der Waals surface area contributed by atoms with Gasteiger partial charge < -0.3 is 20.7 Å². The standard InChI is InChI=1S/C20H23FN6O3/c1-12(18(22)28)17-11-27(20(29)30-17)14-2-3-15(16(21)8-14)13-9-24-19(25-10-13)26-6-4-23-5-7-26/h2-3,8-10,12,17,23H,4-7,11H2,1H3,(H2,22,28)/t12-,17?/m0/s1. The first-order valence-electron chi connectivity index (χ1n) is 9.79. The van der Waals surface area contributed by atoms with Gasteiger partial charge in [-0.1, -0.05) is 0 Å². The Morgan fingerprint density at radius 2 is 2.00 bits per heavy atom. The highest BCUT2D eigenvalue weighted by atomic mass is 19.1. The minimum atomic E-state index is -0.663. The van der Waals surface area contributed by atoms with Crippen molar-refractivity contribution in [3.63, 3.8) is 0 Å². The van der Waals surface area contributed by atoms with Gasteiger partial charge in [-0.05, 0) is 25.1 Å². The van der Waals surface area contributed by atoms with Crippen LogP contribution in [-0.4, -0.2) is 60.8 Å². The van der Waals surface area contributed by atoms with Gasteiger partial charge in [-0.2, -0.15) is 0 Å². The molecule has 158 valence electrons. The number of hydrogen-bond donors (Lipinski definition) is 2. The number of cyclic esters (lactones) is 1. The number of benzene rings is 1. The first kappa shape index (κ1) is 20.0. The molecule has 3 heterocycles. The van der Waals surface area contributed by atoms with E-state index in [0.717, 1.165) is 26.2 Å². The maximum atomic E-state index is 14.8. The average Bonchev–Trinajstić information content (AvgIpc) is 3.15. The molecule has 2 saturated heterocycles. The molecule has 0 spiro atoms. The van der Waals surface area contributed by atoms with Crippen molar-refractivity contribution in [2.45, 2.75) is 13.0 Å². The monoisotopic (exact) mass is 414 g/mol. The van der Waals surface area contributed by atoms with E-state index in [2.05, 4.69) is 20.2 Å². The molecule has 1 aromatic heterocycles. The van der Waals surface area contributed by atoms with Gasteiger partial charge in [-0.15, -0.1) is 0 Å². The van der Waals surface area contributed by atoms with Crippen molar-refractivity contribution in [3.05, 3.63) is 36.4 Å². The summed E-state index contributed by atoms with van der Waals surface area (Å²) in [7, 11) is 0. The molecule has 2 atom stereocenters. The molecular weight excluding hydrogens is 391 g/mol. The fourth-order valence-corrected chi connectivity index (χ4v) is 3.53. The Balaban J connectivity index is 1.51. The highest BCUT2D eigenvalue weighted by molar-refractivity contribution is 5.91. The van der Waals surface area contributed by atoms with Crippen LogP contribution in [0.1, 0.15) is 6.92 Å². The maximum Gasteiger partial charge on any atom is 0.414 e. The van der Waals surface area contributed by atoms with Crippen molar-refractivity contribution in [1.29, 1.82) is 0 Å². The van der Waals surface area contributed by atoms with Gasteiger partial charge in [0.25, 0.3) is 0 Å². The lowest BCUT2D eigenvalue weighted by atomic mass is 10.0. The van der Waals surface area contributed by atoms with E-state index in [4.69, 9.17) is 10.5 Å². The van der Waals surface area contributed by atoms with Crippen LogP contribution >= 0.6 is 0 Å². The van der Waals surface area contributed by atoms with Crippen LogP contribution in [-0.2, 0) is 9.53 Å². The molecule has 1 unspecified atom stereocenters. The zero-order valence-corrected chi connectivity index (χ0v) is 16.5. The van der Waals surface area contributed by atoms with Gasteiger partial charge in [0.2, 0.25) is 11.9 Å². The Labute approximate surface area is 173 Å². The van der Waals surface area contributed by atoms with Crippen molar-refractivity contribution in [2.24, 2.45) is 11.7 Å². The SMILES string of the molecule is C[C@H](C(N)=O)C1CN(c2ccc(-c3cnc(N4CCNCC4)nc3)c(F)c2)C(=O)O1. The molecule has 0 saturated carbocycles. The highest BCUT2D eigenvalue weighted by Gasteiger charge is 2.37. The lowest BCUT2D eigenvalue weighted by molar-refractivity contribution is -0.123. The first-order chi connectivity index (χ1) is 14.4. The molecule has 4 rings (SSSR count). The Hall–Kier alpha value is -3.27. The predicted octanol–water partition coefficient (Wildman–Crippen LogP) is 1.14. The van der Waals surface area contributed by atoms with Crippen molar-refractivity contribution in [1.82, 2.24) is 15.3 Å². The zero-order chi connectivity index (χ0) is 21.3. The zero-order valence-electron chi connectivity index (χ0n) is 16.5. The number of carbonyl (C=O) groups excluding carboxylic acids is 2. The first-order valence-corrected chi connectivity index (χ1v) is 9.79. The molecule has 0 aliphatic carbocycles. The van der Waals surface area contributed by atoms with Gasteiger partial charge in [-0.3, -0.25) is 9.69 Å². The normalized spacial score (nSPS) is 20.2. The average molecular weight is 414 g/mol. The van der Waals surface area contributed by atoms with E-state index in [-0.39, 0.29) is 6.54 Å². The molecule has 2 aromatic rings. The van der Waals surface area contributed by atoms with E-state index >= 15 is 0 Å². The van der Waals surface area contributed by atoms with E-state index in [1.54, 1.807) is 31.5 Å². The molecular formula is C20H23FN6O3. The Morgan fingerprint density at radius 1 is 1.30 bits per heavy atom. The van der Waals surface area contributed by atoms with Gasteiger partial charge in [0.1, 0.15) is 11.9 Å². The second kappa shape index (κ2) is 8.23. The van der Waals surface area contributed by atoms with Crippen LogP contribution in [0.15, 0.2) is 30.6 Å². The lowest BCUT2D eigenvalue weighted by Crippen LogP contribution is -2.44. The molecule has 10 heteroatoms. The minimum Gasteiger partial charge on any atom is -0.443 e. The second-order valence-electron chi connectivity index (χ2n) is 7.40. The number of anilines is 2. The van der Waals surface area contributed by atoms with Crippen LogP contribution < -0.4 is 20.9 Å². The Kier molecular flexibility index (Phi) is 5.49. The molecule has 9 nitrogen and oxygen atoms in total. The van der Waals surface area contributed by atoms with Crippen LogP contribution in [0, 0.1) is 11.7 Å². The summed E-state index contributed by atoms with van der Waals surface area (Å²) in [5, 5.41) is 3.27.